The highest BCUT2D eigenvalue weighted by Crippen LogP contribution is 2.27. The van der Waals surface area contributed by atoms with Gasteiger partial charge in [-0.25, -0.2) is 0 Å². The lowest BCUT2D eigenvalue weighted by molar-refractivity contribution is 0.0552. The minimum atomic E-state index is -0.0724. The van der Waals surface area contributed by atoms with E-state index in [4.69, 9.17) is 5.73 Å². The molecule has 0 bridgehead atoms. The Kier molecular flexibility index (Phi) is 5.03. The van der Waals surface area contributed by atoms with Crippen molar-refractivity contribution in [2.24, 2.45) is 11.1 Å². The van der Waals surface area contributed by atoms with Gasteiger partial charge in [0.05, 0.1) is 6.10 Å². The zero-order chi connectivity index (χ0) is 11.3. The van der Waals surface area contributed by atoms with Gasteiger partial charge in [0.25, 0.3) is 0 Å². The monoisotopic (exact) mass is 214 g/mol. The lowest BCUT2D eigenvalue weighted by Gasteiger charge is -2.39. The summed E-state index contributed by atoms with van der Waals surface area (Å²) >= 11 is 0. The lowest BCUT2D eigenvalue weighted by Crippen LogP contribution is -2.45. The van der Waals surface area contributed by atoms with E-state index in [1.807, 2.05) is 0 Å². The maximum atomic E-state index is 9.45. The summed E-state index contributed by atoms with van der Waals surface area (Å²) in [7, 11) is 0. The summed E-state index contributed by atoms with van der Waals surface area (Å²) in [6.45, 7) is 8.40. The molecule has 0 radical (unpaired) electrons. The van der Waals surface area contributed by atoms with Crippen molar-refractivity contribution in [3.05, 3.63) is 0 Å². The van der Waals surface area contributed by atoms with E-state index >= 15 is 0 Å². The fourth-order valence-electron chi connectivity index (χ4n) is 2.38. The van der Waals surface area contributed by atoms with E-state index in [2.05, 4.69) is 18.7 Å². The van der Waals surface area contributed by atoms with Gasteiger partial charge >= 0.3 is 0 Å². The molecule has 90 valence electrons. The predicted molar refractivity (Wildman–Crippen MR) is 63.8 cm³/mol. The third kappa shape index (κ3) is 3.44. The van der Waals surface area contributed by atoms with Crippen molar-refractivity contribution in [2.45, 2.75) is 45.6 Å². The molecule has 0 aromatic carbocycles. The van der Waals surface area contributed by atoms with Gasteiger partial charge in [-0.2, -0.15) is 0 Å². The highest BCUT2D eigenvalue weighted by atomic mass is 16.3. The standard InChI is InChI=1S/C12H26N2O/c1-3-12(4-2,9-13)10-14-7-5-11(15)6-8-14/h11,15H,3-10,13H2,1-2H3. The lowest BCUT2D eigenvalue weighted by atomic mass is 9.81. The predicted octanol–water partition coefficient (Wildman–Crippen LogP) is 1.21. The molecule has 0 saturated carbocycles. The maximum Gasteiger partial charge on any atom is 0.0564 e. The molecule has 3 N–H and O–H groups in total. The summed E-state index contributed by atoms with van der Waals surface area (Å²) in [5.41, 5.74) is 6.19. The van der Waals surface area contributed by atoms with Crippen LogP contribution in [0, 0.1) is 5.41 Å². The summed E-state index contributed by atoms with van der Waals surface area (Å²) in [4.78, 5) is 2.46. The first-order valence-electron chi connectivity index (χ1n) is 6.26. The fraction of sp³-hybridized carbons (Fsp3) is 1.00. The van der Waals surface area contributed by atoms with Gasteiger partial charge in [0.1, 0.15) is 0 Å². The molecule has 0 atom stereocenters. The number of aliphatic hydroxyl groups excluding tert-OH is 1. The number of nitrogens with zero attached hydrogens (tertiary/aromatic N) is 1. The molecule has 1 fully saturated rings. The number of piperidine rings is 1. The van der Waals surface area contributed by atoms with Crippen LogP contribution in [0.5, 0.6) is 0 Å². The number of nitrogens with two attached hydrogens (primary N) is 1. The van der Waals surface area contributed by atoms with Crippen LogP contribution in [-0.2, 0) is 0 Å². The Morgan fingerprint density at radius 1 is 1.27 bits per heavy atom. The summed E-state index contributed by atoms with van der Waals surface area (Å²) in [5.74, 6) is 0. The van der Waals surface area contributed by atoms with Gasteiger partial charge in [0.2, 0.25) is 0 Å². The highest BCUT2D eigenvalue weighted by Gasteiger charge is 2.28. The third-order valence-electron chi connectivity index (χ3n) is 4.05. The minimum Gasteiger partial charge on any atom is -0.393 e. The molecule has 1 heterocycles. The van der Waals surface area contributed by atoms with Crippen molar-refractivity contribution in [1.29, 1.82) is 0 Å². The van der Waals surface area contributed by atoms with Gasteiger partial charge in [-0.05, 0) is 37.6 Å². The van der Waals surface area contributed by atoms with Gasteiger partial charge in [0, 0.05) is 19.6 Å². The van der Waals surface area contributed by atoms with Crippen LogP contribution >= 0.6 is 0 Å². The van der Waals surface area contributed by atoms with E-state index in [0.29, 0.717) is 5.41 Å². The van der Waals surface area contributed by atoms with Gasteiger partial charge in [-0.1, -0.05) is 13.8 Å². The molecule has 15 heavy (non-hydrogen) atoms. The van der Waals surface area contributed by atoms with E-state index in [-0.39, 0.29) is 6.10 Å². The average Bonchev–Trinajstić information content (AvgIpc) is 2.29. The second kappa shape index (κ2) is 5.83. The van der Waals surface area contributed by atoms with Crippen molar-refractivity contribution in [3.8, 4) is 0 Å². The van der Waals surface area contributed by atoms with Crippen LogP contribution in [0.3, 0.4) is 0 Å². The molecule has 3 heteroatoms. The minimum absolute atomic E-state index is 0.0724. The van der Waals surface area contributed by atoms with Crippen LogP contribution in [-0.4, -0.2) is 42.3 Å². The Bertz CT molecular complexity index is 164. The number of hydrogen-bond donors (Lipinski definition) is 2. The normalized spacial score (nSPS) is 20.8. The van der Waals surface area contributed by atoms with Crippen molar-refractivity contribution in [1.82, 2.24) is 4.90 Å². The molecule has 0 aromatic heterocycles. The van der Waals surface area contributed by atoms with Crippen LogP contribution in [0.2, 0.25) is 0 Å². The Labute approximate surface area is 93.6 Å². The molecular formula is C12H26N2O. The number of rotatable bonds is 5. The summed E-state index contributed by atoms with van der Waals surface area (Å²) < 4.78 is 0. The van der Waals surface area contributed by atoms with E-state index in [1.54, 1.807) is 0 Å². The topological polar surface area (TPSA) is 49.5 Å². The summed E-state index contributed by atoms with van der Waals surface area (Å²) in [5, 5.41) is 9.45. The molecule has 0 amide bonds. The van der Waals surface area contributed by atoms with E-state index in [0.717, 1.165) is 51.9 Å². The maximum absolute atomic E-state index is 9.45. The van der Waals surface area contributed by atoms with E-state index < -0.39 is 0 Å². The van der Waals surface area contributed by atoms with Gasteiger partial charge in [-0.15, -0.1) is 0 Å². The zero-order valence-corrected chi connectivity index (χ0v) is 10.2. The average molecular weight is 214 g/mol. The van der Waals surface area contributed by atoms with Crippen LogP contribution in [0.4, 0.5) is 0 Å². The smallest absolute Gasteiger partial charge is 0.0564 e. The summed E-state index contributed by atoms with van der Waals surface area (Å²) in [6.07, 6.45) is 4.08. The first-order chi connectivity index (χ1) is 7.15. The summed E-state index contributed by atoms with van der Waals surface area (Å²) in [6, 6.07) is 0. The second-order valence-corrected chi connectivity index (χ2v) is 4.92. The molecule has 3 nitrogen and oxygen atoms in total. The fourth-order valence-corrected chi connectivity index (χ4v) is 2.38. The molecule has 0 unspecified atom stereocenters. The number of aliphatic hydroxyl groups is 1. The van der Waals surface area contributed by atoms with Crippen molar-refractivity contribution in [3.63, 3.8) is 0 Å². The first kappa shape index (κ1) is 12.9. The Morgan fingerprint density at radius 2 is 1.80 bits per heavy atom. The Hall–Kier alpha value is -0.120. The molecule has 1 aliphatic heterocycles. The molecule has 1 rings (SSSR count). The highest BCUT2D eigenvalue weighted by molar-refractivity contribution is 4.83. The largest absolute Gasteiger partial charge is 0.393 e. The number of hydrogen-bond acceptors (Lipinski definition) is 3. The molecule has 0 spiro atoms. The van der Waals surface area contributed by atoms with Crippen LogP contribution in [0.1, 0.15) is 39.5 Å². The van der Waals surface area contributed by atoms with Crippen molar-refractivity contribution < 1.29 is 5.11 Å². The third-order valence-corrected chi connectivity index (χ3v) is 4.05. The van der Waals surface area contributed by atoms with Crippen molar-refractivity contribution in [2.75, 3.05) is 26.2 Å². The van der Waals surface area contributed by atoms with Gasteiger partial charge in [0.15, 0.2) is 0 Å². The number of likely N-dealkylation sites (tertiary alicyclic amines) is 1. The molecule has 1 saturated heterocycles. The molecule has 0 aliphatic carbocycles. The van der Waals surface area contributed by atoms with Gasteiger partial charge in [-0.3, -0.25) is 0 Å². The van der Waals surface area contributed by atoms with E-state index in [1.165, 1.54) is 0 Å². The van der Waals surface area contributed by atoms with Crippen LogP contribution in [0.15, 0.2) is 0 Å². The van der Waals surface area contributed by atoms with Crippen LogP contribution < -0.4 is 5.73 Å². The molecule has 1 aliphatic rings. The van der Waals surface area contributed by atoms with Gasteiger partial charge < -0.3 is 15.7 Å². The molecular weight excluding hydrogens is 188 g/mol. The first-order valence-corrected chi connectivity index (χ1v) is 6.26. The van der Waals surface area contributed by atoms with Crippen molar-refractivity contribution >= 4 is 0 Å². The molecule has 0 aromatic rings. The van der Waals surface area contributed by atoms with Crippen LogP contribution in [0.25, 0.3) is 0 Å². The zero-order valence-electron chi connectivity index (χ0n) is 10.2. The SMILES string of the molecule is CCC(CC)(CN)CN1CCC(O)CC1. The Balaban J connectivity index is 2.44. The Morgan fingerprint density at radius 3 is 2.20 bits per heavy atom. The van der Waals surface area contributed by atoms with E-state index in [9.17, 15) is 5.11 Å². The quantitative estimate of drug-likeness (QED) is 0.723. The second-order valence-electron chi connectivity index (χ2n) is 4.92.